The summed E-state index contributed by atoms with van der Waals surface area (Å²) < 4.78 is 0.700. The van der Waals surface area contributed by atoms with Crippen LogP contribution in [0.15, 0.2) is 22.4 Å². The maximum absolute atomic E-state index is 10.8. The van der Waals surface area contributed by atoms with Crippen molar-refractivity contribution in [3.63, 3.8) is 0 Å². The molecule has 2 rings (SSSR count). The van der Waals surface area contributed by atoms with Crippen molar-refractivity contribution in [1.29, 1.82) is 0 Å². The molecule has 14 heavy (non-hydrogen) atoms. The van der Waals surface area contributed by atoms with E-state index in [1.54, 1.807) is 6.07 Å². The number of carboxylic acids is 1. The fraction of sp³-hybridized carbons (Fsp3) is 0. The second-order valence-corrected chi connectivity index (χ2v) is 4.12. The number of fused-ring (bicyclic) bond motifs is 1. The Morgan fingerprint density at radius 1 is 1.43 bits per heavy atom. The molecule has 0 aliphatic rings. The summed E-state index contributed by atoms with van der Waals surface area (Å²) >= 11 is 5.45. The summed E-state index contributed by atoms with van der Waals surface area (Å²) in [5.74, 6) is -1.05. The van der Waals surface area contributed by atoms with Gasteiger partial charge in [0, 0.05) is 15.7 Å². The molecule has 3 nitrogen and oxygen atoms in total. The minimum absolute atomic E-state index is 0.0172. The van der Waals surface area contributed by atoms with Crippen molar-refractivity contribution in [2.45, 2.75) is 4.90 Å². The number of phenolic OH excluding ortho intramolecular Hbond substituents is 1. The smallest absolute Gasteiger partial charge is 0.337 e. The largest absolute Gasteiger partial charge is 0.507 e. The van der Waals surface area contributed by atoms with E-state index in [0.717, 1.165) is 0 Å². The summed E-state index contributed by atoms with van der Waals surface area (Å²) in [4.78, 5) is 11.5. The van der Waals surface area contributed by atoms with Crippen LogP contribution in [0.25, 0.3) is 10.1 Å². The summed E-state index contributed by atoms with van der Waals surface area (Å²) in [6.07, 6.45) is 0. The van der Waals surface area contributed by atoms with E-state index in [1.807, 2.05) is 0 Å². The third-order valence-electron chi connectivity index (χ3n) is 1.91. The molecule has 72 valence electrons. The van der Waals surface area contributed by atoms with Gasteiger partial charge in [0.2, 0.25) is 0 Å². The van der Waals surface area contributed by atoms with Gasteiger partial charge in [0.1, 0.15) is 5.75 Å². The van der Waals surface area contributed by atoms with E-state index in [-0.39, 0.29) is 11.3 Å². The van der Waals surface area contributed by atoms with Crippen molar-refractivity contribution in [1.82, 2.24) is 0 Å². The zero-order valence-electron chi connectivity index (χ0n) is 6.89. The average molecular weight is 226 g/mol. The van der Waals surface area contributed by atoms with Gasteiger partial charge in [0.25, 0.3) is 0 Å². The van der Waals surface area contributed by atoms with Gasteiger partial charge in [-0.25, -0.2) is 4.79 Å². The quantitative estimate of drug-likeness (QED) is 0.655. The van der Waals surface area contributed by atoms with E-state index in [1.165, 1.54) is 22.8 Å². The van der Waals surface area contributed by atoms with Gasteiger partial charge in [-0.15, -0.1) is 24.0 Å². The molecule has 0 radical (unpaired) electrons. The average Bonchev–Trinajstić information content (AvgIpc) is 2.56. The van der Waals surface area contributed by atoms with Crippen molar-refractivity contribution in [2.24, 2.45) is 0 Å². The maximum Gasteiger partial charge on any atom is 0.337 e. The highest BCUT2D eigenvalue weighted by atomic mass is 32.1. The molecule has 0 aliphatic heterocycles. The SMILES string of the molecule is O=C(O)c1csc2c(S)ccc(O)c12. The van der Waals surface area contributed by atoms with Crippen LogP contribution in [0.5, 0.6) is 5.75 Å². The topological polar surface area (TPSA) is 57.5 Å². The normalized spacial score (nSPS) is 10.6. The zero-order chi connectivity index (χ0) is 10.3. The van der Waals surface area contributed by atoms with Crippen molar-refractivity contribution >= 4 is 40.0 Å². The van der Waals surface area contributed by atoms with E-state index in [0.29, 0.717) is 15.0 Å². The van der Waals surface area contributed by atoms with Gasteiger partial charge in [-0.3, -0.25) is 0 Å². The van der Waals surface area contributed by atoms with Crippen LogP contribution in [-0.4, -0.2) is 16.2 Å². The molecule has 1 aromatic carbocycles. The number of rotatable bonds is 1. The Labute approximate surface area is 89.0 Å². The fourth-order valence-electron chi connectivity index (χ4n) is 1.27. The lowest BCUT2D eigenvalue weighted by molar-refractivity contribution is 0.0699. The van der Waals surface area contributed by atoms with E-state index in [4.69, 9.17) is 5.11 Å². The Balaban J connectivity index is 2.90. The number of thiol groups is 1. The number of carbonyl (C=O) groups is 1. The minimum atomic E-state index is -1.04. The Bertz CT molecular complexity index is 516. The highest BCUT2D eigenvalue weighted by Crippen LogP contribution is 2.36. The molecular formula is C9H6O3S2. The molecule has 0 amide bonds. The second kappa shape index (κ2) is 3.18. The Hall–Kier alpha value is -1.20. The monoisotopic (exact) mass is 226 g/mol. The Morgan fingerprint density at radius 3 is 2.79 bits per heavy atom. The molecule has 0 bridgehead atoms. The lowest BCUT2D eigenvalue weighted by atomic mass is 10.1. The molecule has 1 heterocycles. The van der Waals surface area contributed by atoms with Crippen LogP contribution in [-0.2, 0) is 0 Å². The molecule has 0 saturated carbocycles. The van der Waals surface area contributed by atoms with Gasteiger partial charge in [0.05, 0.1) is 10.3 Å². The van der Waals surface area contributed by atoms with Crippen LogP contribution >= 0.6 is 24.0 Å². The third-order valence-corrected chi connectivity index (χ3v) is 3.45. The van der Waals surface area contributed by atoms with Crippen molar-refractivity contribution in [2.75, 3.05) is 0 Å². The third kappa shape index (κ3) is 1.25. The van der Waals surface area contributed by atoms with Gasteiger partial charge in [-0.1, -0.05) is 0 Å². The first-order valence-corrected chi connectivity index (χ1v) is 5.09. The van der Waals surface area contributed by atoms with Crippen LogP contribution in [0, 0.1) is 0 Å². The second-order valence-electron chi connectivity index (χ2n) is 2.76. The molecule has 0 fully saturated rings. The molecular weight excluding hydrogens is 220 g/mol. The van der Waals surface area contributed by atoms with Crippen LogP contribution in [0.2, 0.25) is 0 Å². The van der Waals surface area contributed by atoms with Gasteiger partial charge in [-0.05, 0) is 12.1 Å². The molecule has 0 saturated heterocycles. The predicted molar refractivity (Wildman–Crippen MR) is 57.7 cm³/mol. The number of hydrogen-bond acceptors (Lipinski definition) is 4. The lowest BCUT2D eigenvalue weighted by Gasteiger charge is -1.98. The van der Waals surface area contributed by atoms with E-state index in [2.05, 4.69) is 12.6 Å². The molecule has 5 heteroatoms. The summed E-state index contributed by atoms with van der Waals surface area (Å²) in [5, 5.41) is 20.3. The number of thiophene rings is 1. The maximum atomic E-state index is 10.8. The van der Waals surface area contributed by atoms with Gasteiger partial charge in [-0.2, -0.15) is 0 Å². The van der Waals surface area contributed by atoms with E-state index in [9.17, 15) is 9.90 Å². The highest BCUT2D eigenvalue weighted by Gasteiger charge is 2.15. The van der Waals surface area contributed by atoms with E-state index >= 15 is 0 Å². The number of phenols is 1. The molecule has 0 unspecified atom stereocenters. The summed E-state index contributed by atoms with van der Waals surface area (Å²) in [5.41, 5.74) is 0.124. The molecule has 0 atom stereocenters. The zero-order valence-corrected chi connectivity index (χ0v) is 8.60. The molecule has 0 aliphatic carbocycles. The summed E-state index contributed by atoms with van der Waals surface area (Å²) in [6, 6.07) is 3.09. The molecule has 2 aromatic rings. The first kappa shape index (κ1) is 9.36. The summed E-state index contributed by atoms with van der Waals surface area (Å²) in [7, 11) is 0. The Kier molecular flexibility index (Phi) is 2.13. The van der Waals surface area contributed by atoms with Crippen LogP contribution in [0.3, 0.4) is 0 Å². The number of aromatic carboxylic acids is 1. The first-order chi connectivity index (χ1) is 6.61. The number of aromatic hydroxyl groups is 1. The van der Waals surface area contributed by atoms with Crippen LogP contribution < -0.4 is 0 Å². The number of hydrogen-bond donors (Lipinski definition) is 3. The van der Waals surface area contributed by atoms with E-state index < -0.39 is 5.97 Å². The minimum Gasteiger partial charge on any atom is -0.507 e. The molecule has 2 N–H and O–H groups in total. The van der Waals surface area contributed by atoms with Crippen molar-refractivity contribution in [3.8, 4) is 5.75 Å². The fourth-order valence-corrected chi connectivity index (χ4v) is 2.59. The number of carboxylic acid groups (broad SMARTS) is 1. The first-order valence-electron chi connectivity index (χ1n) is 3.76. The Morgan fingerprint density at radius 2 is 2.14 bits per heavy atom. The van der Waals surface area contributed by atoms with Crippen LogP contribution in [0.4, 0.5) is 0 Å². The van der Waals surface area contributed by atoms with Gasteiger partial charge >= 0.3 is 5.97 Å². The lowest BCUT2D eigenvalue weighted by Crippen LogP contribution is -1.93. The van der Waals surface area contributed by atoms with Crippen molar-refractivity contribution in [3.05, 3.63) is 23.1 Å². The molecule has 1 aromatic heterocycles. The predicted octanol–water partition coefficient (Wildman–Crippen LogP) is 2.59. The van der Waals surface area contributed by atoms with Crippen molar-refractivity contribution < 1.29 is 15.0 Å². The summed E-state index contributed by atoms with van der Waals surface area (Å²) in [6.45, 7) is 0. The van der Waals surface area contributed by atoms with Gasteiger partial charge in [0.15, 0.2) is 0 Å². The standard InChI is InChI=1S/C9H6O3S2/c10-5-1-2-6(13)8-7(5)4(3-14-8)9(11)12/h1-3,10,13H,(H,11,12). The van der Waals surface area contributed by atoms with Crippen LogP contribution in [0.1, 0.15) is 10.4 Å². The highest BCUT2D eigenvalue weighted by molar-refractivity contribution is 7.80. The van der Waals surface area contributed by atoms with Gasteiger partial charge < -0.3 is 10.2 Å². The molecule has 0 spiro atoms. The number of benzene rings is 1.